The van der Waals surface area contributed by atoms with E-state index in [1.165, 1.54) is 0 Å². The van der Waals surface area contributed by atoms with E-state index in [0.29, 0.717) is 16.8 Å². The minimum atomic E-state index is 0.247. The number of nitrogens with one attached hydrogen (secondary N) is 4. The van der Waals surface area contributed by atoms with E-state index in [4.69, 9.17) is 29.2 Å². The predicted molar refractivity (Wildman–Crippen MR) is 96.2 cm³/mol. The van der Waals surface area contributed by atoms with Crippen molar-refractivity contribution in [2.45, 2.75) is 18.9 Å². The van der Waals surface area contributed by atoms with Gasteiger partial charge in [0, 0.05) is 23.3 Å². The van der Waals surface area contributed by atoms with E-state index in [2.05, 4.69) is 37.4 Å². The molecule has 0 bridgehead atoms. The normalized spacial score (nSPS) is 17.1. The number of hydrazine groups is 1. The van der Waals surface area contributed by atoms with Gasteiger partial charge in [-0.2, -0.15) is 0 Å². The highest BCUT2D eigenvalue weighted by atomic mass is 79.9. The van der Waals surface area contributed by atoms with E-state index in [1.807, 2.05) is 24.3 Å². The second-order valence-electron chi connectivity index (χ2n) is 4.56. The molecule has 1 saturated heterocycles. The minimum absolute atomic E-state index is 0.247. The molecule has 114 valence electrons. The molecule has 2 rings (SSSR count). The summed E-state index contributed by atoms with van der Waals surface area (Å²) < 4.78 is 6.49. The van der Waals surface area contributed by atoms with Crippen molar-refractivity contribution in [1.82, 2.24) is 16.2 Å². The Morgan fingerprint density at radius 2 is 2.10 bits per heavy atom. The summed E-state index contributed by atoms with van der Waals surface area (Å²) in [6.45, 7) is 1.55. The molecule has 1 fully saturated rings. The number of rotatable bonds is 3. The minimum Gasteiger partial charge on any atom is -0.376 e. The van der Waals surface area contributed by atoms with E-state index in [-0.39, 0.29) is 6.10 Å². The maximum absolute atomic E-state index is 5.51. The number of hydrogen-bond acceptors (Lipinski definition) is 3. The lowest BCUT2D eigenvalue weighted by Crippen LogP contribution is -2.49. The molecule has 1 aliphatic rings. The Labute approximate surface area is 143 Å². The van der Waals surface area contributed by atoms with Crippen LogP contribution >= 0.6 is 40.4 Å². The third kappa shape index (κ3) is 6.13. The number of anilines is 1. The van der Waals surface area contributed by atoms with Gasteiger partial charge in [-0.3, -0.25) is 10.9 Å². The van der Waals surface area contributed by atoms with Crippen molar-refractivity contribution in [2.24, 2.45) is 0 Å². The maximum atomic E-state index is 5.51. The first-order chi connectivity index (χ1) is 10.1. The lowest BCUT2D eigenvalue weighted by molar-refractivity contribution is 0.114. The van der Waals surface area contributed by atoms with Gasteiger partial charge in [-0.25, -0.2) is 0 Å². The van der Waals surface area contributed by atoms with Crippen LogP contribution in [0.15, 0.2) is 28.7 Å². The zero-order valence-electron chi connectivity index (χ0n) is 11.3. The van der Waals surface area contributed by atoms with Crippen LogP contribution in [0.4, 0.5) is 5.69 Å². The van der Waals surface area contributed by atoms with Gasteiger partial charge in [0.15, 0.2) is 10.2 Å². The standard InChI is InChI=1S/C13H17BrN4OS2/c14-9-3-1-4-10(7-9)16-13(21)18-17-12(20)15-8-11-5-2-6-19-11/h1,3-4,7,11H,2,5-6,8H2,(H2,15,17,20)(H2,16,18,21)/t11-/m1/s1. The Kier molecular flexibility index (Phi) is 6.62. The maximum Gasteiger partial charge on any atom is 0.189 e. The van der Waals surface area contributed by atoms with Gasteiger partial charge in [-0.1, -0.05) is 22.0 Å². The van der Waals surface area contributed by atoms with Crippen molar-refractivity contribution >= 4 is 56.3 Å². The van der Waals surface area contributed by atoms with E-state index in [1.54, 1.807) is 0 Å². The monoisotopic (exact) mass is 388 g/mol. The molecule has 1 aromatic rings. The van der Waals surface area contributed by atoms with Gasteiger partial charge in [0.05, 0.1) is 6.10 Å². The first-order valence-corrected chi connectivity index (χ1v) is 8.22. The number of thiocarbonyl (C=S) groups is 2. The molecule has 1 atom stereocenters. The van der Waals surface area contributed by atoms with Crippen LogP contribution in [0.5, 0.6) is 0 Å². The molecule has 0 radical (unpaired) electrons. The van der Waals surface area contributed by atoms with Crippen LogP contribution in [-0.2, 0) is 4.74 Å². The van der Waals surface area contributed by atoms with Gasteiger partial charge < -0.3 is 15.4 Å². The van der Waals surface area contributed by atoms with Gasteiger partial charge >= 0.3 is 0 Å². The third-order valence-corrected chi connectivity index (χ3v) is 3.83. The first-order valence-electron chi connectivity index (χ1n) is 6.61. The molecule has 0 aliphatic carbocycles. The summed E-state index contributed by atoms with van der Waals surface area (Å²) in [6, 6.07) is 7.73. The Bertz CT molecular complexity index is 509. The molecule has 1 heterocycles. The van der Waals surface area contributed by atoms with E-state index in [0.717, 1.165) is 29.6 Å². The molecule has 4 N–H and O–H groups in total. The third-order valence-electron chi connectivity index (χ3n) is 2.89. The second-order valence-corrected chi connectivity index (χ2v) is 6.29. The van der Waals surface area contributed by atoms with Gasteiger partial charge in [-0.05, 0) is 55.5 Å². The number of benzene rings is 1. The molecule has 0 spiro atoms. The Morgan fingerprint density at radius 3 is 2.81 bits per heavy atom. The fourth-order valence-corrected chi connectivity index (χ4v) is 2.60. The van der Waals surface area contributed by atoms with Crippen LogP contribution in [0.25, 0.3) is 0 Å². The smallest absolute Gasteiger partial charge is 0.189 e. The number of ether oxygens (including phenoxy) is 1. The van der Waals surface area contributed by atoms with Gasteiger partial charge in [0.25, 0.3) is 0 Å². The lowest BCUT2D eigenvalue weighted by Gasteiger charge is -2.16. The van der Waals surface area contributed by atoms with Crippen molar-refractivity contribution in [3.05, 3.63) is 28.7 Å². The summed E-state index contributed by atoms with van der Waals surface area (Å²) in [4.78, 5) is 0. The average Bonchev–Trinajstić information content (AvgIpc) is 2.96. The van der Waals surface area contributed by atoms with Gasteiger partial charge in [0.2, 0.25) is 0 Å². The fraction of sp³-hybridized carbons (Fsp3) is 0.385. The van der Waals surface area contributed by atoms with Crippen molar-refractivity contribution in [2.75, 3.05) is 18.5 Å². The first kappa shape index (κ1) is 16.4. The molecule has 0 aromatic heterocycles. The second kappa shape index (κ2) is 8.47. The zero-order chi connectivity index (χ0) is 15.1. The van der Waals surface area contributed by atoms with Crippen LogP contribution < -0.4 is 21.5 Å². The van der Waals surface area contributed by atoms with Crippen molar-refractivity contribution < 1.29 is 4.74 Å². The number of hydrogen-bond donors (Lipinski definition) is 4. The summed E-state index contributed by atoms with van der Waals surface area (Å²) in [5, 5.41) is 7.07. The molecule has 0 unspecified atom stereocenters. The molecular weight excluding hydrogens is 372 g/mol. The summed E-state index contributed by atoms with van der Waals surface area (Å²) in [5.74, 6) is 0. The molecule has 1 aromatic carbocycles. The zero-order valence-corrected chi connectivity index (χ0v) is 14.5. The average molecular weight is 389 g/mol. The fourth-order valence-electron chi connectivity index (χ4n) is 1.90. The molecule has 21 heavy (non-hydrogen) atoms. The predicted octanol–water partition coefficient (Wildman–Crippen LogP) is 2.29. The van der Waals surface area contributed by atoms with Crippen LogP contribution in [0.3, 0.4) is 0 Å². The Morgan fingerprint density at radius 1 is 1.29 bits per heavy atom. The Hall–Kier alpha value is -0.960. The SMILES string of the molecule is S=C(NC[C@H]1CCCO1)NNC(=S)Nc1cccc(Br)c1. The van der Waals surface area contributed by atoms with Crippen LogP contribution in [0, 0.1) is 0 Å². The highest BCUT2D eigenvalue weighted by Gasteiger charge is 2.15. The quantitative estimate of drug-likeness (QED) is 0.468. The van der Waals surface area contributed by atoms with Crippen LogP contribution in [-0.4, -0.2) is 29.5 Å². The molecule has 1 aliphatic heterocycles. The van der Waals surface area contributed by atoms with E-state index >= 15 is 0 Å². The molecule has 5 nitrogen and oxygen atoms in total. The summed E-state index contributed by atoms with van der Waals surface area (Å²) in [6.07, 6.45) is 2.44. The van der Waals surface area contributed by atoms with E-state index in [9.17, 15) is 0 Å². The topological polar surface area (TPSA) is 57.4 Å². The highest BCUT2D eigenvalue weighted by molar-refractivity contribution is 9.10. The molecule has 0 amide bonds. The summed E-state index contributed by atoms with van der Waals surface area (Å²) >= 11 is 13.7. The van der Waals surface area contributed by atoms with Crippen LogP contribution in [0.2, 0.25) is 0 Å². The lowest BCUT2D eigenvalue weighted by atomic mass is 10.2. The van der Waals surface area contributed by atoms with E-state index < -0.39 is 0 Å². The molecule has 8 heteroatoms. The molecular formula is C13H17BrN4OS2. The van der Waals surface area contributed by atoms with Crippen molar-refractivity contribution in [1.29, 1.82) is 0 Å². The summed E-state index contributed by atoms with van der Waals surface area (Å²) in [7, 11) is 0. The highest BCUT2D eigenvalue weighted by Crippen LogP contribution is 2.15. The van der Waals surface area contributed by atoms with Crippen molar-refractivity contribution in [3.63, 3.8) is 0 Å². The summed E-state index contributed by atoms with van der Waals surface area (Å²) in [5.41, 5.74) is 6.57. The van der Waals surface area contributed by atoms with Gasteiger partial charge in [0.1, 0.15) is 0 Å². The Balaban J connectivity index is 1.64. The van der Waals surface area contributed by atoms with Crippen molar-refractivity contribution in [3.8, 4) is 0 Å². The molecule has 0 saturated carbocycles. The largest absolute Gasteiger partial charge is 0.376 e. The van der Waals surface area contributed by atoms with Crippen LogP contribution in [0.1, 0.15) is 12.8 Å². The van der Waals surface area contributed by atoms with Gasteiger partial charge in [-0.15, -0.1) is 0 Å². The number of halogens is 1.